The van der Waals surface area contributed by atoms with Crippen molar-refractivity contribution in [2.24, 2.45) is 0 Å². The monoisotopic (exact) mass is 402 g/mol. The Hall–Kier alpha value is -2.88. The summed E-state index contributed by atoms with van der Waals surface area (Å²) < 4.78 is 12.2. The third-order valence-electron chi connectivity index (χ3n) is 4.09. The minimum absolute atomic E-state index is 0.0693. The van der Waals surface area contributed by atoms with E-state index in [0.29, 0.717) is 47.2 Å². The summed E-state index contributed by atoms with van der Waals surface area (Å²) in [5.74, 6) is 1.54. The molecule has 148 valence electrons. The maximum atomic E-state index is 12.2. The first-order chi connectivity index (χ1) is 13.7. The highest BCUT2D eigenvalue weighted by atomic mass is 32.2. The Labute approximate surface area is 166 Å². The first kappa shape index (κ1) is 19.9. The molecule has 0 radical (unpaired) electrons. The van der Waals surface area contributed by atoms with Crippen LogP contribution in [0.4, 0.5) is 0 Å². The van der Waals surface area contributed by atoms with E-state index in [1.165, 1.54) is 18.1 Å². The molecule has 2 heterocycles. The Bertz CT molecular complexity index is 962. The van der Waals surface area contributed by atoms with Crippen molar-refractivity contribution in [2.75, 3.05) is 26.5 Å². The molecule has 0 aliphatic rings. The smallest absolute Gasteiger partial charge is 0.230 e. The zero-order valence-electron chi connectivity index (χ0n) is 16.0. The zero-order chi connectivity index (χ0) is 19.9. The summed E-state index contributed by atoms with van der Waals surface area (Å²) in [6, 6.07) is 5.72. The first-order valence-electron chi connectivity index (χ1n) is 8.80. The van der Waals surface area contributed by atoms with Gasteiger partial charge in [-0.3, -0.25) is 4.79 Å². The standard InChI is InChI=1S/C18H22N6O3S/c1-4-24-17-16(22-23-24)18(21-11-20-17)28-10-15(25)19-8-7-12-5-6-13(26-2)14(9-12)27-3/h5-6,9,11H,4,7-8,10H2,1-3H3,(H,19,25). The van der Waals surface area contributed by atoms with Crippen LogP contribution in [0.5, 0.6) is 11.5 Å². The number of aromatic nitrogens is 5. The van der Waals surface area contributed by atoms with Gasteiger partial charge in [0.25, 0.3) is 0 Å². The van der Waals surface area contributed by atoms with Gasteiger partial charge in [0.2, 0.25) is 5.91 Å². The largest absolute Gasteiger partial charge is 0.493 e. The number of amides is 1. The van der Waals surface area contributed by atoms with Crippen LogP contribution in [0.1, 0.15) is 12.5 Å². The van der Waals surface area contributed by atoms with E-state index in [4.69, 9.17) is 9.47 Å². The molecule has 1 amide bonds. The highest BCUT2D eigenvalue weighted by molar-refractivity contribution is 8.00. The lowest BCUT2D eigenvalue weighted by Gasteiger charge is -2.10. The van der Waals surface area contributed by atoms with Crippen LogP contribution in [-0.2, 0) is 17.8 Å². The van der Waals surface area contributed by atoms with Crippen LogP contribution in [0, 0.1) is 0 Å². The number of methoxy groups -OCH3 is 2. The number of rotatable bonds is 9. The minimum Gasteiger partial charge on any atom is -0.493 e. The Balaban J connectivity index is 1.51. The molecule has 0 atom stereocenters. The molecule has 10 heteroatoms. The van der Waals surface area contributed by atoms with Crippen molar-refractivity contribution in [3.63, 3.8) is 0 Å². The van der Waals surface area contributed by atoms with Crippen LogP contribution in [0.25, 0.3) is 11.2 Å². The molecule has 3 rings (SSSR count). The molecule has 28 heavy (non-hydrogen) atoms. The Morgan fingerprint density at radius 3 is 2.79 bits per heavy atom. The van der Waals surface area contributed by atoms with Crippen molar-refractivity contribution in [3.8, 4) is 11.5 Å². The van der Waals surface area contributed by atoms with E-state index in [9.17, 15) is 4.79 Å². The van der Waals surface area contributed by atoms with Crippen molar-refractivity contribution in [2.45, 2.75) is 24.9 Å². The molecule has 0 saturated heterocycles. The van der Waals surface area contributed by atoms with Gasteiger partial charge in [0.05, 0.1) is 20.0 Å². The molecule has 0 bridgehead atoms. The topological polar surface area (TPSA) is 104 Å². The molecule has 9 nitrogen and oxygen atoms in total. The molecule has 1 N–H and O–H groups in total. The summed E-state index contributed by atoms with van der Waals surface area (Å²) in [5, 5.41) is 11.7. The van der Waals surface area contributed by atoms with Crippen LogP contribution in [-0.4, -0.2) is 57.4 Å². The molecule has 0 saturated carbocycles. The van der Waals surface area contributed by atoms with Gasteiger partial charge in [0, 0.05) is 13.1 Å². The van der Waals surface area contributed by atoms with Crippen molar-refractivity contribution in [3.05, 3.63) is 30.1 Å². The molecular weight excluding hydrogens is 380 g/mol. The van der Waals surface area contributed by atoms with Crippen molar-refractivity contribution in [1.82, 2.24) is 30.3 Å². The van der Waals surface area contributed by atoms with Gasteiger partial charge in [-0.25, -0.2) is 14.6 Å². The van der Waals surface area contributed by atoms with Crippen LogP contribution in [0.2, 0.25) is 0 Å². The first-order valence-corrected chi connectivity index (χ1v) is 9.79. The lowest BCUT2D eigenvalue weighted by atomic mass is 10.1. The predicted molar refractivity (Wildman–Crippen MR) is 106 cm³/mol. The van der Waals surface area contributed by atoms with Gasteiger partial charge in [-0.05, 0) is 31.0 Å². The van der Waals surface area contributed by atoms with Crippen molar-refractivity contribution < 1.29 is 14.3 Å². The highest BCUT2D eigenvalue weighted by Gasteiger charge is 2.13. The van der Waals surface area contributed by atoms with Gasteiger partial charge >= 0.3 is 0 Å². The van der Waals surface area contributed by atoms with E-state index < -0.39 is 0 Å². The fraction of sp³-hybridized carbons (Fsp3) is 0.389. The van der Waals surface area contributed by atoms with Gasteiger partial charge in [-0.1, -0.05) is 23.0 Å². The Morgan fingerprint density at radius 1 is 1.21 bits per heavy atom. The summed E-state index contributed by atoms with van der Waals surface area (Å²) in [6.07, 6.45) is 2.16. The number of carbonyl (C=O) groups is 1. The van der Waals surface area contributed by atoms with Gasteiger partial charge in [0.1, 0.15) is 11.4 Å². The van der Waals surface area contributed by atoms with Crippen LogP contribution in [0.15, 0.2) is 29.6 Å². The number of nitrogens with zero attached hydrogens (tertiary/aromatic N) is 5. The third-order valence-corrected chi connectivity index (χ3v) is 5.07. The van der Waals surface area contributed by atoms with Gasteiger partial charge in [-0.15, -0.1) is 5.10 Å². The molecular formula is C18H22N6O3S. The van der Waals surface area contributed by atoms with Gasteiger partial charge in [0.15, 0.2) is 22.7 Å². The number of ether oxygens (including phenoxy) is 2. The van der Waals surface area contributed by atoms with Crippen LogP contribution in [0.3, 0.4) is 0 Å². The molecule has 0 fully saturated rings. The average molecular weight is 402 g/mol. The van der Waals surface area contributed by atoms with Gasteiger partial charge < -0.3 is 14.8 Å². The second-order valence-corrected chi connectivity index (χ2v) is 6.80. The van der Waals surface area contributed by atoms with E-state index in [1.54, 1.807) is 18.9 Å². The number of benzene rings is 1. The van der Waals surface area contributed by atoms with E-state index in [1.807, 2.05) is 25.1 Å². The molecule has 0 aliphatic carbocycles. The summed E-state index contributed by atoms with van der Waals surface area (Å²) in [7, 11) is 3.20. The van der Waals surface area contributed by atoms with E-state index in [2.05, 4.69) is 25.6 Å². The second-order valence-electron chi connectivity index (χ2n) is 5.83. The SMILES string of the molecule is CCn1nnc2c(SCC(=O)NCCc3ccc(OC)c(OC)c3)ncnc21. The van der Waals surface area contributed by atoms with Crippen molar-refractivity contribution in [1.29, 1.82) is 0 Å². The quantitative estimate of drug-likeness (QED) is 0.426. The van der Waals surface area contributed by atoms with Crippen LogP contribution >= 0.6 is 11.8 Å². The Kier molecular flexibility index (Phi) is 6.64. The predicted octanol–water partition coefficient (Wildman–Crippen LogP) is 1.71. The summed E-state index contributed by atoms with van der Waals surface area (Å²) in [4.78, 5) is 20.6. The summed E-state index contributed by atoms with van der Waals surface area (Å²) in [6.45, 7) is 3.17. The lowest BCUT2D eigenvalue weighted by molar-refractivity contribution is -0.118. The fourth-order valence-electron chi connectivity index (χ4n) is 2.66. The summed E-state index contributed by atoms with van der Waals surface area (Å²) >= 11 is 1.32. The molecule has 0 aliphatic heterocycles. The second kappa shape index (κ2) is 9.36. The van der Waals surface area contributed by atoms with Gasteiger partial charge in [-0.2, -0.15) is 0 Å². The molecule has 0 spiro atoms. The molecule has 1 aromatic carbocycles. The molecule has 3 aromatic rings. The van der Waals surface area contributed by atoms with E-state index in [-0.39, 0.29) is 11.7 Å². The van der Waals surface area contributed by atoms with E-state index >= 15 is 0 Å². The minimum atomic E-state index is -0.0693. The Morgan fingerprint density at radius 2 is 2.04 bits per heavy atom. The van der Waals surface area contributed by atoms with Crippen LogP contribution < -0.4 is 14.8 Å². The van der Waals surface area contributed by atoms with E-state index in [0.717, 1.165) is 5.56 Å². The third kappa shape index (κ3) is 4.50. The zero-order valence-corrected chi connectivity index (χ0v) is 16.8. The number of hydrogen-bond acceptors (Lipinski definition) is 8. The van der Waals surface area contributed by atoms with Crippen molar-refractivity contribution >= 4 is 28.8 Å². The maximum Gasteiger partial charge on any atom is 0.230 e. The number of aryl methyl sites for hydroxylation is 1. The number of thioether (sulfide) groups is 1. The number of fused-ring (bicyclic) bond motifs is 1. The maximum absolute atomic E-state index is 12.2. The average Bonchev–Trinajstić information content (AvgIpc) is 3.16. The highest BCUT2D eigenvalue weighted by Crippen LogP contribution is 2.27. The summed E-state index contributed by atoms with van der Waals surface area (Å²) in [5.41, 5.74) is 2.35. The number of nitrogens with one attached hydrogen (secondary N) is 1. The molecule has 0 unspecified atom stereocenters. The number of hydrogen-bond donors (Lipinski definition) is 1. The number of carbonyl (C=O) groups excluding carboxylic acids is 1. The fourth-order valence-corrected chi connectivity index (χ4v) is 3.42. The normalized spacial score (nSPS) is 10.8. The lowest BCUT2D eigenvalue weighted by Crippen LogP contribution is -2.27. The molecule has 2 aromatic heterocycles.